The third kappa shape index (κ3) is 5.09. The van der Waals surface area contributed by atoms with E-state index in [4.69, 9.17) is 5.11 Å². The van der Waals surface area contributed by atoms with Gasteiger partial charge >= 0.3 is 5.97 Å². The quantitative estimate of drug-likeness (QED) is 0.758. The van der Waals surface area contributed by atoms with E-state index in [1.54, 1.807) is 0 Å². The molecule has 1 aromatic heterocycles. The molecule has 7 nitrogen and oxygen atoms in total. The Morgan fingerprint density at radius 2 is 2.24 bits per heavy atom. The second-order valence-electron chi connectivity index (χ2n) is 3.40. The molecule has 1 heterocycles. The minimum absolute atomic E-state index is 0.0120. The fourth-order valence-electron chi connectivity index (χ4n) is 0.957. The summed E-state index contributed by atoms with van der Waals surface area (Å²) in [5, 5.41) is 11.8. The summed E-state index contributed by atoms with van der Waals surface area (Å²) in [7, 11) is -4.58. The van der Waals surface area contributed by atoms with E-state index in [1.165, 1.54) is 6.07 Å². The number of sulfone groups is 1. The van der Waals surface area contributed by atoms with E-state index in [2.05, 4.69) is 9.68 Å². The Balaban J connectivity index is 2.53. The molecule has 1 atom stereocenters. The van der Waals surface area contributed by atoms with Crippen LogP contribution < -0.4 is 0 Å². The Kier molecular flexibility index (Phi) is 4.40. The molecular weight excluding hydrogens is 270 g/mol. The van der Waals surface area contributed by atoms with Crippen LogP contribution in [0, 0.1) is 0 Å². The first-order valence-electron chi connectivity index (χ1n) is 4.49. The van der Waals surface area contributed by atoms with Crippen LogP contribution in [0.2, 0.25) is 0 Å². The minimum Gasteiger partial charge on any atom is -0.476 e. The Morgan fingerprint density at radius 3 is 2.71 bits per heavy atom. The average Bonchev–Trinajstić information content (AvgIpc) is 2.62. The first-order valence-corrected chi connectivity index (χ1v) is 8.04. The van der Waals surface area contributed by atoms with Gasteiger partial charge in [0.1, 0.15) is 15.6 Å². The van der Waals surface area contributed by atoms with Crippen molar-refractivity contribution in [3.8, 4) is 0 Å². The molecule has 0 amide bonds. The van der Waals surface area contributed by atoms with E-state index >= 15 is 0 Å². The van der Waals surface area contributed by atoms with Crippen molar-refractivity contribution in [2.45, 2.75) is 5.75 Å². The second kappa shape index (κ2) is 5.41. The molecular formula is C8H11NO6S2. The van der Waals surface area contributed by atoms with Crippen molar-refractivity contribution in [1.82, 2.24) is 5.16 Å². The highest BCUT2D eigenvalue weighted by Crippen LogP contribution is 2.07. The standard InChI is InChI=1S/C8H11NO6S2/c1-17(13,14)3-2-16(12)5-6-4-7(8(10)11)9-15-6/h4H,2-3,5H2,1H3,(H,10,11). The Bertz CT molecular complexity index is 532. The molecule has 0 aliphatic carbocycles. The number of carbonyl (C=O) groups is 1. The number of rotatable bonds is 6. The third-order valence-corrected chi connectivity index (χ3v) is 4.23. The van der Waals surface area contributed by atoms with Gasteiger partial charge in [0.15, 0.2) is 5.69 Å². The van der Waals surface area contributed by atoms with Crippen molar-refractivity contribution in [2.75, 3.05) is 17.8 Å². The van der Waals surface area contributed by atoms with E-state index in [-0.39, 0.29) is 28.7 Å². The molecule has 0 radical (unpaired) electrons. The zero-order valence-electron chi connectivity index (χ0n) is 8.95. The number of nitrogens with zero attached hydrogens (tertiary/aromatic N) is 1. The van der Waals surface area contributed by atoms with Gasteiger partial charge in [0, 0.05) is 28.9 Å². The Labute approximate surface area is 100 Å². The molecule has 0 aromatic carbocycles. The van der Waals surface area contributed by atoms with Crippen LogP contribution in [-0.4, -0.2) is 46.6 Å². The van der Waals surface area contributed by atoms with Gasteiger partial charge in [0.25, 0.3) is 0 Å². The molecule has 0 spiro atoms. The molecule has 0 saturated carbocycles. The second-order valence-corrected chi connectivity index (χ2v) is 7.24. The zero-order valence-corrected chi connectivity index (χ0v) is 10.6. The van der Waals surface area contributed by atoms with Crippen molar-refractivity contribution in [3.05, 3.63) is 17.5 Å². The van der Waals surface area contributed by atoms with Crippen molar-refractivity contribution in [2.24, 2.45) is 0 Å². The number of hydrogen-bond donors (Lipinski definition) is 1. The Hall–Kier alpha value is -1.22. The summed E-state index contributed by atoms with van der Waals surface area (Å²) < 4.78 is 37.8. The van der Waals surface area contributed by atoms with E-state index < -0.39 is 26.6 Å². The molecule has 0 aliphatic heterocycles. The van der Waals surface area contributed by atoms with E-state index in [1.807, 2.05) is 0 Å². The van der Waals surface area contributed by atoms with E-state index in [9.17, 15) is 17.4 Å². The SMILES string of the molecule is CS(=O)(=O)CCS(=O)Cc1cc(C(=O)O)no1. The number of hydrogen-bond acceptors (Lipinski definition) is 6. The van der Waals surface area contributed by atoms with Gasteiger partial charge in [0.05, 0.1) is 11.5 Å². The van der Waals surface area contributed by atoms with Gasteiger partial charge in [-0.1, -0.05) is 5.16 Å². The highest BCUT2D eigenvalue weighted by molar-refractivity contribution is 7.92. The summed E-state index contributed by atoms with van der Waals surface area (Å²) in [5.74, 6) is -1.31. The molecule has 9 heteroatoms. The van der Waals surface area contributed by atoms with Gasteiger partial charge in [0.2, 0.25) is 0 Å². The number of aromatic carboxylic acids is 1. The molecule has 17 heavy (non-hydrogen) atoms. The number of carboxylic acid groups (broad SMARTS) is 1. The highest BCUT2D eigenvalue weighted by atomic mass is 32.2. The molecule has 0 aliphatic rings. The third-order valence-electron chi connectivity index (χ3n) is 1.76. The summed E-state index contributed by atoms with van der Waals surface area (Å²) in [6, 6.07) is 1.17. The van der Waals surface area contributed by atoms with Crippen LogP contribution in [0.1, 0.15) is 16.2 Å². The zero-order chi connectivity index (χ0) is 13.1. The lowest BCUT2D eigenvalue weighted by molar-refractivity contribution is 0.0685. The van der Waals surface area contributed by atoms with Crippen molar-refractivity contribution < 1.29 is 27.1 Å². The molecule has 96 valence electrons. The maximum absolute atomic E-state index is 11.4. The topological polar surface area (TPSA) is 115 Å². The van der Waals surface area contributed by atoms with E-state index in [0.717, 1.165) is 6.26 Å². The summed E-state index contributed by atoms with van der Waals surface area (Å²) in [6.07, 6.45) is 1.06. The smallest absolute Gasteiger partial charge is 0.358 e. The van der Waals surface area contributed by atoms with E-state index in [0.29, 0.717) is 0 Å². The maximum atomic E-state index is 11.4. The maximum Gasteiger partial charge on any atom is 0.358 e. The van der Waals surface area contributed by atoms with Crippen LogP contribution in [0.25, 0.3) is 0 Å². The van der Waals surface area contributed by atoms with Crippen LogP contribution in [-0.2, 0) is 26.4 Å². The van der Waals surface area contributed by atoms with Gasteiger partial charge < -0.3 is 9.63 Å². The first kappa shape index (κ1) is 13.8. The fourth-order valence-corrected chi connectivity index (χ4v) is 3.51. The van der Waals surface area contributed by atoms with Crippen LogP contribution in [0.5, 0.6) is 0 Å². The molecule has 0 bridgehead atoms. The van der Waals surface area contributed by atoms with Crippen molar-refractivity contribution in [1.29, 1.82) is 0 Å². The minimum atomic E-state index is -3.15. The molecule has 0 fully saturated rings. The van der Waals surface area contributed by atoms with Crippen LogP contribution in [0.3, 0.4) is 0 Å². The summed E-state index contributed by atoms with van der Waals surface area (Å²) >= 11 is 0. The first-order chi connectivity index (χ1) is 7.78. The summed E-state index contributed by atoms with van der Waals surface area (Å²) in [5.41, 5.74) is -0.264. The average molecular weight is 281 g/mol. The number of aromatic nitrogens is 1. The molecule has 1 unspecified atom stereocenters. The fraction of sp³-hybridized carbons (Fsp3) is 0.500. The van der Waals surface area contributed by atoms with Gasteiger partial charge in [-0.15, -0.1) is 0 Å². The summed E-state index contributed by atoms with van der Waals surface area (Å²) in [4.78, 5) is 10.5. The largest absolute Gasteiger partial charge is 0.476 e. The van der Waals surface area contributed by atoms with Crippen LogP contribution in [0.15, 0.2) is 10.6 Å². The molecule has 1 N–H and O–H groups in total. The lowest BCUT2D eigenvalue weighted by Crippen LogP contribution is -2.12. The highest BCUT2D eigenvalue weighted by Gasteiger charge is 2.14. The predicted molar refractivity (Wildman–Crippen MR) is 59.9 cm³/mol. The molecule has 1 aromatic rings. The normalized spacial score (nSPS) is 13.5. The monoisotopic (exact) mass is 281 g/mol. The van der Waals surface area contributed by atoms with Crippen LogP contribution >= 0.6 is 0 Å². The summed E-state index contributed by atoms with van der Waals surface area (Å²) in [6.45, 7) is 0. The number of carboxylic acids is 1. The predicted octanol–water partition coefficient (Wildman–Crippen LogP) is -0.334. The van der Waals surface area contributed by atoms with Crippen LogP contribution in [0.4, 0.5) is 0 Å². The Morgan fingerprint density at radius 1 is 1.59 bits per heavy atom. The molecule has 0 saturated heterocycles. The molecule has 1 rings (SSSR count). The van der Waals surface area contributed by atoms with Gasteiger partial charge in [-0.25, -0.2) is 13.2 Å². The lowest BCUT2D eigenvalue weighted by atomic mass is 10.4. The van der Waals surface area contributed by atoms with Gasteiger partial charge in [-0.05, 0) is 0 Å². The van der Waals surface area contributed by atoms with Gasteiger partial charge in [-0.2, -0.15) is 0 Å². The van der Waals surface area contributed by atoms with Crippen molar-refractivity contribution in [3.63, 3.8) is 0 Å². The van der Waals surface area contributed by atoms with Crippen molar-refractivity contribution >= 4 is 26.6 Å². The lowest BCUT2D eigenvalue weighted by Gasteiger charge is -1.97. The van der Waals surface area contributed by atoms with Gasteiger partial charge in [-0.3, -0.25) is 4.21 Å².